The minimum absolute atomic E-state index is 0.200. The van der Waals surface area contributed by atoms with Crippen LogP contribution in [0.1, 0.15) is 11.1 Å². The first-order valence-corrected chi connectivity index (χ1v) is 7.50. The van der Waals surface area contributed by atoms with Gasteiger partial charge in [-0.1, -0.05) is 22.0 Å². The van der Waals surface area contributed by atoms with Crippen LogP contribution >= 0.6 is 15.9 Å². The summed E-state index contributed by atoms with van der Waals surface area (Å²) in [6.45, 7) is 2.64. The number of aryl methyl sites for hydroxylation is 3. The molecule has 0 spiro atoms. The molecule has 0 radical (unpaired) electrons. The molecule has 0 atom stereocenters. The van der Waals surface area contributed by atoms with Gasteiger partial charge in [0.05, 0.1) is 11.0 Å². The molecule has 3 aromatic rings. The van der Waals surface area contributed by atoms with Gasteiger partial charge in [0.1, 0.15) is 5.82 Å². The zero-order valence-corrected chi connectivity index (χ0v) is 13.2. The van der Waals surface area contributed by atoms with Crippen molar-refractivity contribution in [3.8, 4) is 0 Å². The van der Waals surface area contributed by atoms with Gasteiger partial charge in [0.2, 0.25) is 5.95 Å². The number of fused-ring (bicyclic) bond motifs is 1. The maximum absolute atomic E-state index is 13.1. The summed E-state index contributed by atoms with van der Waals surface area (Å²) < 4.78 is 16.1. The second kappa shape index (κ2) is 5.48. The van der Waals surface area contributed by atoms with Gasteiger partial charge in [0.15, 0.2) is 0 Å². The van der Waals surface area contributed by atoms with Crippen LogP contribution in [-0.2, 0) is 13.0 Å². The number of hydrogen-bond donors (Lipinski definition) is 1. The number of aromatic nitrogens is 2. The monoisotopic (exact) mass is 347 g/mol. The zero-order chi connectivity index (χ0) is 15.0. The Labute approximate surface area is 130 Å². The molecule has 5 heteroatoms. The first kappa shape index (κ1) is 14.1. The van der Waals surface area contributed by atoms with Crippen LogP contribution in [0.4, 0.5) is 10.3 Å². The molecule has 1 aromatic heterocycles. The van der Waals surface area contributed by atoms with E-state index in [-0.39, 0.29) is 5.82 Å². The summed E-state index contributed by atoms with van der Waals surface area (Å²) in [7, 11) is 0. The molecule has 0 aliphatic rings. The first-order chi connectivity index (χ1) is 10.0. The van der Waals surface area contributed by atoms with Crippen molar-refractivity contribution in [2.45, 2.75) is 19.9 Å². The molecule has 108 valence electrons. The van der Waals surface area contributed by atoms with Crippen LogP contribution in [0.5, 0.6) is 0 Å². The molecule has 0 bridgehead atoms. The second-order valence-electron chi connectivity index (χ2n) is 5.08. The first-order valence-electron chi connectivity index (χ1n) is 6.71. The minimum Gasteiger partial charge on any atom is -0.369 e. The van der Waals surface area contributed by atoms with Crippen LogP contribution in [-0.4, -0.2) is 9.55 Å². The summed E-state index contributed by atoms with van der Waals surface area (Å²) >= 11 is 3.43. The topological polar surface area (TPSA) is 43.8 Å². The average Bonchev–Trinajstić information content (AvgIpc) is 2.72. The smallest absolute Gasteiger partial charge is 0.201 e. The number of nitrogens with zero attached hydrogens (tertiary/aromatic N) is 2. The van der Waals surface area contributed by atoms with Crippen LogP contribution in [0.15, 0.2) is 40.9 Å². The van der Waals surface area contributed by atoms with Gasteiger partial charge in [-0.3, -0.25) is 0 Å². The number of anilines is 1. The van der Waals surface area contributed by atoms with Crippen molar-refractivity contribution >= 4 is 32.9 Å². The van der Waals surface area contributed by atoms with E-state index in [0.717, 1.165) is 39.6 Å². The fourth-order valence-electron chi connectivity index (χ4n) is 2.53. The Hall–Kier alpha value is -1.88. The lowest BCUT2D eigenvalue weighted by molar-refractivity contribution is 0.624. The number of nitrogens with two attached hydrogens (primary N) is 1. The summed E-state index contributed by atoms with van der Waals surface area (Å²) in [5.74, 6) is 0.302. The van der Waals surface area contributed by atoms with Gasteiger partial charge in [-0.2, -0.15) is 0 Å². The second-order valence-corrected chi connectivity index (χ2v) is 5.99. The summed E-state index contributed by atoms with van der Waals surface area (Å²) in [4.78, 5) is 4.37. The molecule has 0 saturated carbocycles. The van der Waals surface area contributed by atoms with Crippen molar-refractivity contribution < 1.29 is 4.39 Å². The molecule has 2 N–H and O–H groups in total. The van der Waals surface area contributed by atoms with E-state index in [4.69, 9.17) is 5.73 Å². The Morgan fingerprint density at radius 3 is 2.81 bits per heavy atom. The lowest BCUT2D eigenvalue weighted by Gasteiger charge is -2.09. The molecular weight excluding hydrogens is 333 g/mol. The predicted octanol–water partition coefficient (Wildman–Crippen LogP) is 4.07. The summed E-state index contributed by atoms with van der Waals surface area (Å²) in [6, 6.07) is 10.8. The van der Waals surface area contributed by atoms with E-state index in [1.54, 1.807) is 6.07 Å². The highest BCUT2D eigenvalue weighted by Crippen LogP contribution is 2.23. The van der Waals surface area contributed by atoms with Crippen molar-refractivity contribution in [2.24, 2.45) is 0 Å². The number of benzene rings is 2. The average molecular weight is 348 g/mol. The molecular formula is C16H15BrFN3. The SMILES string of the molecule is Cc1cc(F)ccc1CCn1c(N)nc2cc(Br)ccc21. The van der Waals surface area contributed by atoms with Gasteiger partial charge < -0.3 is 10.3 Å². The standard InChI is InChI=1S/C16H15BrFN3/c1-10-8-13(18)4-2-11(10)6-7-21-15-5-3-12(17)9-14(15)20-16(21)19/h2-5,8-9H,6-7H2,1H3,(H2,19,20). The largest absolute Gasteiger partial charge is 0.369 e. The van der Waals surface area contributed by atoms with Gasteiger partial charge in [0.25, 0.3) is 0 Å². The lowest BCUT2D eigenvalue weighted by Crippen LogP contribution is -2.06. The van der Waals surface area contributed by atoms with Crippen LogP contribution in [0.25, 0.3) is 11.0 Å². The van der Waals surface area contributed by atoms with Gasteiger partial charge in [-0.25, -0.2) is 9.37 Å². The molecule has 2 aromatic carbocycles. The van der Waals surface area contributed by atoms with Crippen molar-refractivity contribution in [3.05, 3.63) is 57.8 Å². The third kappa shape index (κ3) is 2.78. The van der Waals surface area contributed by atoms with Gasteiger partial charge in [0, 0.05) is 11.0 Å². The maximum atomic E-state index is 13.1. The Bertz CT molecular complexity index is 811. The van der Waals surface area contributed by atoms with E-state index in [1.807, 2.05) is 35.8 Å². The van der Waals surface area contributed by atoms with E-state index in [2.05, 4.69) is 20.9 Å². The van der Waals surface area contributed by atoms with Crippen LogP contribution in [0.2, 0.25) is 0 Å². The summed E-state index contributed by atoms with van der Waals surface area (Å²) in [5.41, 5.74) is 9.97. The van der Waals surface area contributed by atoms with Crippen LogP contribution < -0.4 is 5.73 Å². The van der Waals surface area contributed by atoms with Crippen molar-refractivity contribution in [1.29, 1.82) is 0 Å². The third-order valence-corrected chi connectivity index (χ3v) is 4.14. The van der Waals surface area contributed by atoms with E-state index in [9.17, 15) is 4.39 Å². The maximum Gasteiger partial charge on any atom is 0.201 e. The molecule has 0 amide bonds. The summed E-state index contributed by atoms with van der Waals surface area (Å²) in [6.07, 6.45) is 0.790. The van der Waals surface area contributed by atoms with Gasteiger partial charge in [-0.05, 0) is 54.8 Å². The normalized spacial score (nSPS) is 11.2. The molecule has 0 aliphatic carbocycles. The number of nitrogen functional groups attached to an aromatic ring is 1. The number of halogens is 2. The highest BCUT2D eigenvalue weighted by molar-refractivity contribution is 9.10. The highest BCUT2D eigenvalue weighted by atomic mass is 79.9. The van der Waals surface area contributed by atoms with Crippen molar-refractivity contribution in [2.75, 3.05) is 5.73 Å². The molecule has 0 aliphatic heterocycles. The number of hydrogen-bond acceptors (Lipinski definition) is 2. The number of imidazole rings is 1. The van der Waals surface area contributed by atoms with Gasteiger partial charge in [-0.15, -0.1) is 0 Å². The third-order valence-electron chi connectivity index (χ3n) is 3.65. The molecule has 3 nitrogen and oxygen atoms in total. The predicted molar refractivity (Wildman–Crippen MR) is 86.7 cm³/mol. The van der Waals surface area contributed by atoms with E-state index in [0.29, 0.717) is 5.95 Å². The van der Waals surface area contributed by atoms with E-state index >= 15 is 0 Å². The van der Waals surface area contributed by atoms with E-state index < -0.39 is 0 Å². The molecule has 0 unspecified atom stereocenters. The Kier molecular flexibility index (Phi) is 3.68. The molecule has 0 fully saturated rings. The van der Waals surface area contributed by atoms with E-state index in [1.165, 1.54) is 6.07 Å². The molecule has 1 heterocycles. The Balaban J connectivity index is 1.90. The molecule has 21 heavy (non-hydrogen) atoms. The minimum atomic E-state index is -0.200. The fraction of sp³-hybridized carbons (Fsp3) is 0.188. The van der Waals surface area contributed by atoms with Crippen molar-refractivity contribution in [3.63, 3.8) is 0 Å². The lowest BCUT2D eigenvalue weighted by atomic mass is 10.1. The summed E-state index contributed by atoms with van der Waals surface area (Å²) in [5, 5.41) is 0. The van der Waals surface area contributed by atoms with Crippen molar-refractivity contribution in [1.82, 2.24) is 9.55 Å². The molecule has 3 rings (SSSR count). The van der Waals surface area contributed by atoms with Gasteiger partial charge >= 0.3 is 0 Å². The Morgan fingerprint density at radius 1 is 1.24 bits per heavy atom. The zero-order valence-electron chi connectivity index (χ0n) is 11.6. The quantitative estimate of drug-likeness (QED) is 0.775. The Morgan fingerprint density at radius 2 is 2.05 bits per heavy atom. The van der Waals surface area contributed by atoms with Crippen LogP contribution in [0.3, 0.4) is 0 Å². The van der Waals surface area contributed by atoms with Crippen LogP contribution in [0, 0.1) is 12.7 Å². The highest BCUT2D eigenvalue weighted by Gasteiger charge is 2.09. The fourth-order valence-corrected chi connectivity index (χ4v) is 2.88. The molecule has 0 saturated heterocycles. The number of rotatable bonds is 3.